The van der Waals surface area contributed by atoms with Crippen LogP contribution in [0.4, 0.5) is 0 Å². The molecule has 4 heteroatoms. The van der Waals surface area contributed by atoms with Crippen LogP contribution in [0, 0.1) is 0 Å². The zero-order valence-corrected chi connectivity index (χ0v) is 6.32. The zero-order valence-electron chi connectivity index (χ0n) is 5.35. The number of aliphatic hydroxyl groups excluding tert-OH is 1. The van der Waals surface area contributed by atoms with Gasteiger partial charge in [-0.05, 0) is 0 Å². The smallest absolute Gasteiger partial charge is 1.00 e. The summed E-state index contributed by atoms with van der Waals surface area (Å²) in [5.41, 5.74) is 0. The Morgan fingerprint density at radius 1 is 1.83 bits per heavy atom. The molecule has 0 aromatic heterocycles. The molecule has 1 N–H and O–H groups in total. The Hall–Kier alpha value is 1.47. The Labute approximate surface area is 74.6 Å². The molecule has 0 amide bonds. The maximum Gasteiger partial charge on any atom is 2.00 e. The van der Waals surface area contributed by atoms with Crippen molar-refractivity contribution in [2.45, 2.75) is 0 Å². The van der Waals surface area contributed by atoms with Gasteiger partial charge in [-0.2, -0.15) is 0 Å². The van der Waals surface area contributed by atoms with E-state index in [4.69, 9.17) is 5.11 Å². The maximum absolute atomic E-state index is 7.86. The van der Waals surface area contributed by atoms with Gasteiger partial charge in [0, 0.05) is 0 Å². The molecule has 0 aromatic carbocycles. The van der Waals surface area contributed by atoms with E-state index in [2.05, 4.69) is 16.2 Å². The first-order valence-electron chi connectivity index (χ1n) is 1.26. The Kier molecular flexibility index (Phi) is 16.9. The predicted octanol–water partition coefficient (Wildman–Crippen LogP) is -0.00670. The van der Waals surface area contributed by atoms with Crippen molar-refractivity contribution in [2.75, 3.05) is 13.2 Å². The monoisotopic (exact) mass is 138 g/mol. The van der Waals surface area contributed by atoms with Gasteiger partial charge in [-0.15, -0.1) is 0 Å². The van der Waals surface area contributed by atoms with E-state index in [0.29, 0.717) is 0 Å². The van der Waals surface area contributed by atoms with E-state index < -0.39 is 0 Å². The summed E-state index contributed by atoms with van der Waals surface area (Å²) >= 11 is 4.64. The minimum atomic E-state index is -0.0104. The molecule has 0 saturated heterocycles. The Morgan fingerprint density at radius 2 is 2.33 bits per heavy atom. The number of rotatable bonds is 2. The van der Waals surface area contributed by atoms with Gasteiger partial charge >= 0.3 is 37.7 Å². The van der Waals surface area contributed by atoms with Gasteiger partial charge in [0.1, 0.15) is 0 Å². The quantitative estimate of drug-likeness (QED) is 0.544. The fourth-order valence-electron chi connectivity index (χ4n) is 0.0345. The largest absolute Gasteiger partial charge is 2.00 e. The van der Waals surface area contributed by atoms with Crippen molar-refractivity contribution in [2.24, 2.45) is 0 Å². The Bertz CT molecular complexity index is 25.5. The van der Waals surface area contributed by atoms with Crippen LogP contribution < -0.4 is 0 Å². The predicted molar refractivity (Wildman–Crippen MR) is 26.9 cm³/mol. The van der Waals surface area contributed by atoms with Crippen molar-refractivity contribution in [1.82, 2.24) is 0 Å². The second-order valence-corrected chi connectivity index (χ2v) is 0.755. The molecule has 0 spiro atoms. The summed E-state index contributed by atoms with van der Waals surface area (Å²) in [5.74, 6) is 0. The van der Waals surface area contributed by atoms with Gasteiger partial charge in [-0.3, -0.25) is 4.29 Å². The standard InChI is InChI=1S/C2H5ClO2.Ca.2H/c3-5-2-1-4;;;/h4H,1-2H2;;;/q;+2;2*-1. The van der Waals surface area contributed by atoms with Crippen molar-refractivity contribution in [3.05, 3.63) is 0 Å². The summed E-state index contributed by atoms with van der Waals surface area (Å²) in [5, 5.41) is 7.86. The van der Waals surface area contributed by atoms with Gasteiger partial charge in [0.15, 0.2) is 0 Å². The van der Waals surface area contributed by atoms with Gasteiger partial charge in [0.25, 0.3) is 0 Å². The van der Waals surface area contributed by atoms with Crippen LogP contribution in [0.3, 0.4) is 0 Å². The molecule has 36 valence electrons. The molecule has 0 fully saturated rings. The average molecular weight is 139 g/mol. The summed E-state index contributed by atoms with van der Waals surface area (Å²) in [6.07, 6.45) is 0. The zero-order chi connectivity index (χ0) is 4.12. The molecule has 6 heavy (non-hydrogen) atoms. The first-order valence-corrected chi connectivity index (χ1v) is 1.57. The van der Waals surface area contributed by atoms with E-state index in [-0.39, 0.29) is 53.8 Å². The molecule has 0 aliphatic carbocycles. The van der Waals surface area contributed by atoms with Crippen molar-refractivity contribution in [3.63, 3.8) is 0 Å². The first-order chi connectivity index (χ1) is 2.41. The first kappa shape index (κ1) is 10.5. The second-order valence-electron chi connectivity index (χ2n) is 0.537. The fraction of sp³-hybridized carbons (Fsp3) is 1.00. The van der Waals surface area contributed by atoms with Crippen LogP contribution >= 0.6 is 11.9 Å². The van der Waals surface area contributed by atoms with Crippen LogP contribution in [0.2, 0.25) is 0 Å². The number of hydrogen-bond donors (Lipinski definition) is 1. The normalized spacial score (nSPS) is 7.00. The summed E-state index contributed by atoms with van der Waals surface area (Å²) < 4.78 is 3.91. The van der Waals surface area contributed by atoms with Crippen LogP contribution in [0.25, 0.3) is 0 Å². The molecule has 2 nitrogen and oxygen atoms in total. The van der Waals surface area contributed by atoms with E-state index in [9.17, 15) is 0 Å². The molecule has 0 aliphatic rings. The van der Waals surface area contributed by atoms with Crippen LogP contribution in [0.15, 0.2) is 0 Å². The SMILES string of the molecule is OCCOCl.[Ca+2].[H-].[H-]. The van der Waals surface area contributed by atoms with Gasteiger partial charge in [0.2, 0.25) is 0 Å². The topological polar surface area (TPSA) is 29.5 Å². The summed E-state index contributed by atoms with van der Waals surface area (Å²) in [7, 11) is 0. The molecule has 0 aromatic rings. The van der Waals surface area contributed by atoms with Gasteiger partial charge < -0.3 is 7.96 Å². The van der Waals surface area contributed by atoms with Crippen LogP contribution in [0.1, 0.15) is 2.85 Å². The van der Waals surface area contributed by atoms with Crippen molar-refractivity contribution in [1.29, 1.82) is 0 Å². The third kappa shape index (κ3) is 9.08. The number of halogens is 1. The average Bonchev–Trinajstić information content (AvgIpc) is 1.41. The molecule has 0 heterocycles. The summed E-state index contributed by atoms with van der Waals surface area (Å²) in [4.78, 5) is 0. The van der Waals surface area contributed by atoms with Crippen molar-refractivity contribution < 1.29 is 12.2 Å². The summed E-state index contributed by atoms with van der Waals surface area (Å²) in [6.45, 7) is 0.199. The van der Waals surface area contributed by atoms with Gasteiger partial charge in [-0.25, -0.2) is 0 Å². The molecule has 0 saturated carbocycles. The molecule has 0 aliphatic heterocycles. The van der Waals surface area contributed by atoms with Crippen LogP contribution in [-0.2, 0) is 4.29 Å². The van der Waals surface area contributed by atoms with E-state index in [0.717, 1.165) is 0 Å². The third-order valence-electron chi connectivity index (χ3n) is 0.168. The molecule has 0 rings (SSSR count). The van der Waals surface area contributed by atoms with E-state index >= 15 is 0 Å². The van der Waals surface area contributed by atoms with E-state index in [1.807, 2.05) is 0 Å². The maximum atomic E-state index is 7.86. The van der Waals surface area contributed by atoms with E-state index in [1.54, 1.807) is 0 Å². The molecular formula is C2H7CaClO2. The second kappa shape index (κ2) is 9.69. The minimum Gasteiger partial charge on any atom is -1.00 e. The van der Waals surface area contributed by atoms with Gasteiger partial charge in [-0.1, -0.05) is 0 Å². The van der Waals surface area contributed by atoms with Crippen molar-refractivity contribution >= 4 is 49.6 Å². The molecule has 0 unspecified atom stereocenters. The molecule has 0 radical (unpaired) electrons. The molecular weight excluding hydrogens is 132 g/mol. The van der Waals surface area contributed by atoms with E-state index in [1.165, 1.54) is 0 Å². The fourth-order valence-corrected chi connectivity index (χ4v) is 0.104. The van der Waals surface area contributed by atoms with Crippen LogP contribution in [-0.4, -0.2) is 56.1 Å². The third-order valence-corrected chi connectivity index (χ3v) is 0.323. The number of hydrogen-bond acceptors (Lipinski definition) is 2. The molecule has 0 atom stereocenters. The number of aliphatic hydroxyl groups is 1. The Balaban J connectivity index is -0.0000000267. The van der Waals surface area contributed by atoms with Crippen molar-refractivity contribution in [3.8, 4) is 0 Å². The summed E-state index contributed by atoms with van der Waals surface area (Å²) in [6, 6.07) is 0. The van der Waals surface area contributed by atoms with Gasteiger partial charge in [0.05, 0.1) is 25.1 Å². The minimum absolute atomic E-state index is 0. The molecule has 0 bridgehead atoms. The van der Waals surface area contributed by atoms with Crippen LogP contribution in [0.5, 0.6) is 0 Å². The Morgan fingerprint density at radius 3 is 2.33 bits per heavy atom.